The minimum absolute atomic E-state index is 0.0469. The van der Waals surface area contributed by atoms with Gasteiger partial charge in [-0.2, -0.15) is 9.78 Å². The molecule has 0 bridgehead atoms. The van der Waals surface area contributed by atoms with E-state index in [1.807, 2.05) is 0 Å². The Labute approximate surface area is 203 Å². The lowest BCUT2D eigenvalue weighted by Gasteiger charge is -2.22. The van der Waals surface area contributed by atoms with Crippen LogP contribution < -0.4 is 10.9 Å². The molecule has 0 atom stereocenters. The zero-order chi connectivity index (χ0) is 25.8. The van der Waals surface area contributed by atoms with Crippen LogP contribution in [0.3, 0.4) is 0 Å². The average molecular weight is 494 g/mol. The molecule has 10 heteroatoms. The monoisotopic (exact) mass is 494 g/mol. The van der Waals surface area contributed by atoms with Crippen molar-refractivity contribution in [2.24, 2.45) is 0 Å². The van der Waals surface area contributed by atoms with E-state index in [-0.39, 0.29) is 17.6 Å². The van der Waals surface area contributed by atoms with Crippen molar-refractivity contribution in [2.45, 2.75) is 13.3 Å². The summed E-state index contributed by atoms with van der Waals surface area (Å²) in [6, 6.07) is 16.7. The van der Waals surface area contributed by atoms with Gasteiger partial charge in [0.2, 0.25) is 5.91 Å². The highest BCUT2D eigenvalue weighted by Gasteiger charge is 2.25. The lowest BCUT2D eigenvalue weighted by molar-refractivity contribution is -0.116. The first kappa shape index (κ1) is 24.6. The second-order valence-corrected chi connectivity index (χ2v) is 7.94. The summed E-state index contributed by atoms with van der Waals surface area (Å²) in [6.45, 7) is 1.43. The van der Waals surface area contributed by atoms with Crippen molar-refractivity contribution in [1.29, 1.82) is 0 Å². The van der Waals surface area contributed by atoms with Gasteiger partial charge in [-0.25, -0.2) is 13.2 Å². The first-order valence-electron chi connectivity index (χ1n) is 11.1. The third-order valence-corrected chi connectivity index (χ3v) is 5.43. The van der Waals surface area contributed by atoms with Gasteiger partial charge in [0.15, 0.2) is 23.1 Å². The fourth-order valence-corrected chi connectivity index (χ4v) is 3.75. The summed E-state index contributed by atoms with van der Waals surface area (Å²) >= 11 is 0. The first-order valence-corrected chi connectivity index (χ1v) is 11.1. The van der Waals surface area contributed by atoms with Crippen LogP contribution in [0.25, 0.3) is 16.5 Å². The molecule has 0 fully saturated rings. The first-order chi connectivity index (χ1) is 17.3. The average Bonchev–Trinajstić information content (AvgIpc) is 2.89. The van der Waals surface area contributed by atoms with E-state index in [1.165, 1.54) is 4.90 Å². The van der Waals surface area contributed by atoms with E-state index in [9.17, 15) is 27.6 Å². The molecule has 7 nitrogen and oxygen atoms in total. The molecule has 2 amide bonds. The summed E-state index contributed by atoms with van der Waals surface area (Å²) in [5.74, 6) is -6.09. The van der Waals surface area contributed by atoms with Crippen LogP contribution in [0.5, 0.6) is 0 Å². The molecule has 4 aromatic rings. The zero-order valence-corrected chi connectivity index (χ0v) is 19.2. The highest BCUT2D eigenvalue weighted by Crippen LogP contribution is 2.20. The highest BCUT2D eigenvalue weighted by atomic mass is 19.2. The molecule has 1 N–H and O–H groups in total. The smallest absolute Gasteiger partial charge is 0.279 e. The van der Waals surface area contributed by atoms with Crippen LogP contribution in [0.1, 0.15) is 23.8 Å². The number of carbonyl (C=O) groups excluding carboxylic acids is 2. The zero-order valence-electron chi connectivity index (χ0n) is 19.2. The molecule has 184 valence electrons. The number of hydrogen-bond acceptors (Lipinski definition) is 4. The molecule has 3 aromatic carbocycles. The molecule has 0 saturated heterocycles. The minimum Gasteiger partial charge on any atom is -0.328 e. The summed E-state index contributed by atoms with van der Waals surface area (Å²) in [5, 5.41) is 7.08. The summed E-state index contributed by atoms with van der Waals surface area (Å²) in [6.07, 6.45) is 0.481. The quantitative estimate of drug-likeness (QED) is 0.389. The lowest BCUT2D eigenvalue weighted by Crippen LogP contribution is -2.40. The highest BCUT2D eigenvalue weighted by molar-refractivity contribution is 6.06. The van der Waals surface area contributed by atoms with Crippen LogP contribution in [0, 0.1) is 17.5 Å². The second-order valence-electron chi connectivity index (χ2n) is 7.94. The van der Waals surface area contributed by atoms with Crippen LogP contribution >= 0.6 is 0 Å². The standard InChI is InChI=1S/C26H21F3N4O3/c1-2-14-32(15-21(34)30-20-13-12-19(27)22(28)23(20)29)26(36)24-17-10-6-7-11-18(17)25(35)33(31-24)16-8-4-3-5-9-16/h3-13H,2,14-15H2,1H3,(H,30,34). The van der Waals surface area contributed by atoms with E-state index in [2.05, 4.69) is 10.4 Å². The van der Waals surface area contributed by atoms with Crippen molar-refractivity contribution in [3.63, 3.8) is 0 Å². The Morgan fingerprint density at radius 3 is 2.28 bits per heavy atom. The molecule has 1 heterocycles. The number of anilines is 1. The molecule has 1 aromatic heterocycles. The van der Waals surface area contributed by atoms with Crippen molar-refractivity contribution in [3.05, 3.63) is 100 Å². The molecule has 0 unspecified atom stereocenters. The Bertz CT molecular complexity index is 1510. The van der Waals surface area contributed by atoms with E-state index in [0.717, 1.165) is 10.7 Å². The summed E-state index contributed by atoms with van der Waals surface area (Å²) in [4.78, 5) is 40.5. The number of fused-ring (bicyclic) bond motifs is 1. The SMILES string of the molecule is CCCN(CC(=O)Nc1ccc(F)c(F)c1F)C(=O)c1nn(-c2ccccc2)c(=O)c2ccccc12. The number of halogens is 3. The molecule has 0 aliphatic carbocycles. The summed E-state index contributed by atoms with van der Waals surface area (Å²) in [7, 11) is 0. The van der Waals surface area contributed by atoms with Crippen LogP contribution in [-0.4, -0.2) is 39.6 Å². The number of amides is 2. The number of benzene rings is 3. The van der Waals surface area contributed by atoms with E-state index in [0.29, 0.717) is 23.6 Å². The van der Waals surface area contributed by atoms with E-state index < -0.39 is 47.1 Å². The number of para-hydroxylation sites is 1. The maximum absolute atomic E-state index is 14.0. The number of nitrogens with one attached hydrogen (secondary N) is 1. The van der Waals surface area contributed by atoms with Gasteiger partial charge in [0.1, 0.15) is 6.54 Å². The minimum atomic E-state index is -1.71. The second kappa shape index (κ2) is 10.4. The number of aromatic nitrogens is 2. The van der Waals surface area contributed by atoms with Gasteiger partial charge < -0.3 is 10.2 Å². The maximum Gasteiger partial charge on any atom is 0.279 e. The third kappa shape index (κ3) is 4.83. The Morgan fingerprint density at radius 1 is 0.917 bits per heavy atom. The Morgan fingerprint density at radius 2 is 1.58 bits per heavy atom. The topological polar surface area (TPSA) is 84.3 Å². The normalized spacial score (nSPS) is 10.9. The van der Waals surface area contributed by atoms with Crippen LogP contribution in [-0.2, 0) is 4.79 Å². The maximum atomic E-state index is 14.0. The molecule has 0 radical (unpaired) electrons. The molecule has 36 heavy (non-hydrogen) atoms. The van der Waals surface area contributed by atoms with Gasteiger partial charge in [-0.05, 0) is 36.8 Å². The lowest BCUT2D eigenvalue weighted by atomic mass is 10.1. The van der Waals surface area contributed by atoms with Crippen LogP contribution in [0.4, 0.5) is 18.9 Å². The fourth-order valence-electron chi connectivity index (χ4n) is 3.75. The molecule has 4 rings (SSSR count). The van der Waals surface area contributed by atoms with Crippen molar-refractivity contribution in [1.82, 2.24) is 14.7 Å². The third-order valence-electron chi connectivity index (χ3n) is 5.43. The van der Waals surface area contributed by atoms with Gasteiger partial charge in [-0.15, -0.1) is 0 Å². The van der Waals surface area contributed by atoms with Crippen LogP contribution in [0.15, 0.2) is 71.5 Å². The molecular formula is C26H21F3N4O3. The molecule has 0 spiro atoms. The Hall–Kier alpha value is -4.47. The van der Waals surface area contributed by atoms with E-state index >= 15 is 0 Å². The van der Waals surface area contributed by atoms with Gasteiger partial charge in [-0.3, -0.25) is 14.4 Å². The number of rotatable bonds is 7. The van der Waals surface area contributed by atoms with Gasteiger partial charge in [0.25, 0.3) is 11.5 Å². The van der Waals surface area contributed by atoms with Gasteiger partial charge in [0.05, 0.1) is 16.8 Å². The number of nitrogens with zero attached hydrogens (tertiary/aromatic N) is 3. The van der Waals surface area contributed by atoms with Gasteiger partial charge in [-0.1, -0.05) is 43.3 Å². The van der Waals surface area contributed by atoms with Crippen molar-refractivity contribution < 1.29 is 22.8 Å². The van der Waals surface area contributed by atoms with Crippen molar-refractivity contribution in [3.8, 4) is 5.69 Å². The Balaban J connectivity index is 1.70. The summed E-state index contributed by atoms with van der Waals surface area (Å²) in [5.41, 5.74) is -0.559. The summed E-state index contributed by atoms with van der Waals surface area (Å²) < 4.78 is 41.9. The van der Waals surface area contributed by atoms with Gasteiger partial charge >= 0.3 is 0 Å². The number of hydrogen-bond donors (Lipinski definition) is 1. The fraction of sp³-hybridized carbons (Fsp3) is 0.154. The van der Waals surface area contributed by atoms with E-state index in [1.54, 1.807) is 61.5 Å². The van der Waals surface area contributed by atoms with E-state index in [4.69, 9.17) is 0 Å². The van der Waals surface area contributed by atoms with Crippen molar-refractivity contribution in [2.75, 3.05) is 18.4 Å². The predicted octanol–water partition coefficient (Wildman–Crippen LogP) is 4.29. The van der Waals surface area contributed by atoms with Gasteiger partial charge in [0, 0.05) is 11.9 Å². The molecule has 0 aliphatic heterocycles. The van der Waals surface area contributed by atoms with Crippen molar-refractivity contribution >= 4 is 28.3 Å². The molecular weight excluding hydrogens is 473 g/mol. The molecule has 0 saturated carbocycles. The van der Waals surface area contributed by atoms with Crippen LogP contribution in [0.2, 0.25) is 0 Å². The molecule has 0 aliphatic rings. The largest absolute Gasteiger partial charge is 0.328 e. The predicted molar refractivity (Wildman–Crippen MR) is 128 cm³/mol. The Kier molecular flexibility index (Phi) is 7.14. The number of carbonyl (C=O) groups is 2.